The third-order valence-electron chi connectivity index (χ3n) is 4.01. The van der Waals surface area contributed by atoms with Crippen molar-refractivity contribution in [1.82, 2.24) is 16.0 Å². The highest BCUT2D eigenvalue weighted by atomic mass is 16.4. The Kier molecular flexibility index (Phi) is 12.2. The zero-order chi connectivity index (χ0) is 24.1. The summed E-state index contributed by atoms with van der Waals surface area (Å²) in [6, 6.07) is -4.51. The van der Waals surface area contributed by atoms with Crippen LogP contribution in [0.4, 0.5) is 0 Å². The number of rotatable bonds is 14. The van der Waals surface area contributed by atoms with Crippen molar-refractivity contribution in [3.8, 4) is 0 Å². The summed E-state index contributed by atoms with van der Waals surface area (Å²) >= 11 is 0. The van der Waals surface area contributed by atoms with Crippen LogP contribution in [-0.4, -0.2) is 76.5 Å². The Morgan fingerprint density at radius 3 is 1.94 bits per heavy atom. The maximum atomic E-state index is 12.6. The predicted octanol–water partition coefficient (Wildman–Crippen LogP) is -3.19. The molecule has 0 spiro atoms. The van der Waals surface area contributed by atoms with E-state index < -0.39 is 60.2 Å². The Hall–Kier alpha value is -3.42. The largest absolute Gasteiger partial charge is 0.481 e. The smallest absolute Gasteiger partial charge is 0.326 e. The van der Waals surface area contributed by atoms with Crippen molar-refractivity contribution >= 4 is 35.6 Å². The minimum Gasteiger partial charge on any atom is -0.481 e. The number of nitrogens with two attached hydrogens (primary N) is 3. The molecule has 0 fully saturated rings. The lowest BCUT2D eigenvalue weighted by Gasteiger charge is -2.23. The van der Waals surface area contributed by atoms with E-state index in [4.69, 9.17) is 22.3 Å². The summed E-state index contributed by atoms with van der Waals surface area (Å²) in [4.78, 5) is 62.4. The van der Waals surface area contributed by atoms with Crippen LogP contribution in [-0.2, 0) is 24.0 Å². The van der Waals surface area contributed by atoms with E-state index >= 15 is 0 Å². The van der Waals surface area contributed by atoms with Gasteiger partial charge in [-0.25, -0.2) is 4.79 Å². The molecule has 4 atom stereocenters. The van der Waals surface area contributed by atoms with Gasteiger partial charge in [0.15, 0.2) is 5.96 Å². The molecule has 0 radical (unpaired) electrons. The van der Waals surface area contributed by atoms with Crippen molar-refractivity contribution in [1.29, 1.82) is 0 Å². The molecule has 0 rings (SSSR count). The average molecular weight is 445 g/mol. The molecule has 0 heterocycles. The number of carboxylic acid groups (broad SMARTS) is 2. The number of hydrogen-bond donors (Lipinski definition) is 8. The zero-order valence-electron chi connectivity index (χ0n) is 17.5. The second-order valence-corrected chi connectivity index (χ2v) is 6.86. The van der Waals surface area contributed by atoms with Crippen LogP contribution in [0.25, 0.3) is 0 Å². The highest BCUT2D eigenvalue weighted by molar-refractivity contribution is 5.93. The summed E-state index contributed by atoms with van der Waals surface area (Å²) in [5, 5.41) is 25.0. The Balaban J connectivity index is 5.23. The van der Waals surface area contributed by atoms with Crippen molar-refractivity contribution in [3.63, 3.8) is 0 Å². The van der Waals surface area contributed by atoms with Gasteiger partial charge in [0, 0.05) is 13.0 Å². The predicted molar refractivity (Wildman–Crippen MR) is 110 cm³/mol. The van der Waals surface area contributed by atoms with Gasteiger partial charge in [0.1, 0.15) is 18.1 Å². The third kappa shape index (κ3) is 12.0. The molecule has 0 aromatic rings. The molecule has 14 nitrogen and oxygen atoms in total. The van der Waals surface area contributed by atoms with Gasteiger partial charge in [0.2, 0.25) is 17.7 Å². The Morgan fingerprint density at radius 1 is 0.871 bits per heavy atom. The first kappa shape index (κ1) is 27.6. The molecule has 0 aliphatic heterocycles. The summed E-state index contributed by atoms with van der Waals surface area (Å²) in [6.07, 6.45) is -0.498. The second-order valence-electron chi connectivity index (χ2n) is 6.86. The van der Waals surface area contributed by atoms with Crippen LogP contribution in [0, 0.1) is 0 Å². The average Bonchev–Trinajstić information content (AvgIpc) is 2.66. The highest BCUT2D eigenvalue weighted by Crippen LogP contribution is 2.04. The fraction of sp³-hybridized carbons (Fsp3) is 0.647. The van der Waals surface area contributed by atoms with E-state index in [-0.39, 0.29) is 31.8 Å². The number of nitrogens with zero attached hydrogens (tertiary/aromatic N) is 1. The van der Waals surface area contributed by atoms with E-state index in [1.165, 1.54) is 13.8 Å². The summed E-state index contributed by atoms with van der Waals surface area (Å²) in [5.41, 5.74) is 15.9. The van der Waals surface area contributed by atoms with Crippen LogP contribution >= 0.6 is 0 Å². The van der Waals surface area contributed by atoms with Crippen molar-refractivity contribution in [3.05, 3.63) is 0 Å². The van der Waals surface area contributed by atoms with Crippen molar-refractivity contribution in [2.45, 2.75) is 63.7 Å². The summed E-state index contributed by atoms with van der Waals surface area (Å²) in [7, 11) is 0. The fourth-order valence-electron chi connectivity index (χ4n) is 2.28. The molecule has 0 bridgehead atoms. The highest BCUT2D eigenvalue weighted by Gasteiger charge is 2.28. The van der Waals surface area contributed by atoms with Gasteiger partial charge in [-0.05, 0) is 33.1 Å². The third-order valence-corrected chi connectivity index (χ3v) is 4.01. The van der Waals surface area contributed by atoms with E-state index in [0.717, 1.165) is 0 Å². The normalized spacial score (nSPS) is 14.3. The van der Waals surface area contributed by atoms with Crippen molar-refractivity contribution < 1.29 is 34.2 Å². The molecule has 0 aliphatic rings. The lowest BCUT2D eigenvalue weighted by molar-refractivity contribution is -0.143. The number of carboxylic acids is 2. The van der Waals surface area contributed by atoms with Crippen molar-refractivity contribution in [2.24, 2.45) is 22.2 Å². The zero-order valence-corrected chi connectivity index (χ0v) is 17.5. The van der Waals surface area contributed by atoms with E-state index in [1.54, 1.807) is 0 Å². The number of guanidine groups is 1. The van der Waals surface area contributed by atoms with E-state index in [2.05, 4.69) is 20.9 Å². The molecule has 11 N–H and O–H groups in total. The second kappa shape index (κ2) is 13.7. The van der Waals surface area contributed by atoms with Gasteiger partial charge in [0.25, 0.3) is 0 Å². The lowest BCUT2D eigenvalue weighted by Crippen LogP contribution is -2.56. The van der Waals surface area contributed by atoms with Gasteiger partial charge in [-0.3, -0.25) is 24.2 Å². The Bertz CT molecular complexity index is 692. The van der Waals surface area contributed by atoms with Crippen molar-refractivity contribution in [2.75, 3.05) is 6.54 Å². The first-order chi connectivity index (χ1) is 14.3. The minimum absolute atomic E-state index is 0.0492. The Labute approximate surface area is 179 Å². The molecule has 0 saturated carbocycles. The van der Waals surface area contributed by atoms with E-state index in [1.807, 2.05) is 0 Å². The molecule has 0 saturated heterocycles. The van der Waals surface area contributed by atoms with Gasteiger partial charge in [-0.1, -0.05) is 0 Å². The fourth-order valence-corrected chi connectivity index (χ4v) is 2.28. The number of hydrogen-bond acceptors (Lipinski definition) is 7. The molecule has 0 aromatic heterocycles. The monoisotopic (exact) mass is 445 g/mol. The molecule has 0 aliphatic carbocycles. The van der Waals surface area contributed by atoms with E-state index in [0.29, 0.717) is 0 Å². The SMILES string of the molecule is CC(N)C(=O)NC(C)C(=O)NC(CCCN=C(N)N)C(=O)NC(CCC(=O)O)C(=O)O. The summed E-state index contributed by atoms with van der Waals surface area (Å²) in [5.74, 6) is -4.90. The standard InChI is InChI=1S/C17H31N7O7/c1-8(18)13(27)22-9(2)14(28)23-10(4-3-7-21-17(19)20)15(29)24-11(16(30)31)5-6-12(25)26/h8-11H,3-7,18H2,1-2H3,(H,22,27)(H,23,28)(H,24,29)(H,25,26)(H,30,31)(H4,19,20,21). The molecule has 14 heteroatoms. The topological polar surface area (TPSA) is 252 Å². The summed E-state index contributed by atoms with van der Waals surface area (Å²) < 4.78 is 0. The number of aliphatic carboxylic acids is 2. The molecule has 31 heavy (non-hydrogen) atoms. The number of carbonyl (C=O) groups excluding carboxylic acids is 3. The molecule has 4 unspecified atom stereocenters. The molecule has 176 valence electrons. The number of carbonyl (C=O) groups is 5. The quantitative estimate of drug-likeness (QED) is 0.0755. The van der Waals surface area contributed by atoms with Crippen LogP contribution in [0.2, 0.25) is 0 Å². The van der Waals surface area contributed by atoms with Crippen LogP contribution < -0.4 is 33.2 Å². The van der Waals surface area contributed by atoms with Crippen LogP contribution in [0.15, 0.2) is 4.99 Å². The van der Waals surface area contributed by atoms with Gasteiger partial charge < -0.3 is 43.4 Å². The number of amides is 3. The van der Waals surface area contributed by atoms with Gasteiger partial charge in [-0.15, -0.1) is 0 Å². The maximum Gasteiger partial charge on any atom is 0.326 e. The first-order valence-electron chi connectivity index (χ1n) is 9.51. The number of aliphatic imine (C=N–C) groups is 1. The van der Waals surface area contributed by atoms with Crippen LogP contribution in [0.1, 0.15) is 39.5 Å². The number of nitrogens with one attached hydrogen (secondary N) is 3. The molecule has 3 amide bonds. The van der Waals surface area contributed by atoms with Gasteiger partial charge in [0.05, 0.1) is 6.04 Å². The van der Waals surface area contributed by atoms with E-state index in [9.17, 15) is 29.1 Å². The maximum absolute atomic E-state index is 12.6. The van der Waals surface area contributed by atoms with Gasteiger partial charge in [-0.2, -0.15) is 0 Å². The van der Waals surface area contributed by atoms with Crippen LogP contribution in [0.5, 0.6) is 0 Å². The summed E-state index contributed by atoms with van der Waals surface area (Å²) in [6.45, 7) is 2.97. The van der Waals surface area contributed by atoms with Crippen LogP contribution in [0.3, 0.4) is 0 Å². The Morgan fingerprint density at radius 2 is 1.45 bits per heavy atom. The van der Waals surface area contributed by atoms with Gasteiger partial charge >= 0.3 is 11.9 Å². The molecular weight excluding hydrogens is 414 g/mol. The first-order valence-corrected chi connectivity index (χ1v) is 9.51. The molecular formula is C17H31N7O7. The lowest BCUT2D eigenvalue weighted by atomic mass is 10.1. The minimum atomic E-state index is -1.46. The molecule has 0 aromatic carbocycles.